The highest BCUT2D eigenvalue weighted by atomic mass is 16.5. The van der Waals surface area contributed by atoms with Gasteiger partial charge in [-0.15, -0.1) is 0 Å². The second-order valence-electron chi connectivity index (χ2n) is 5.18. The van der Waals surface area contributed by atoms with E-state index in [1.807, 2.05) is 0 Å². The quantitative estimate of drug-likeness (QED) is 0.786. The fourth-order valence-electron chi connectivity index (χ4n) is 3.13. The first-order valence-electron chi connectivity index (χ1n) is 6.87. The van der Waals surface area contributed by atoms with Crippen LogP contribution in [0.15, 0.2) is 0 Å². The Morgan fingerprint density at radius 3 is 3.00 bits per heavy atom. The number of hydrogen-bond acceptors (Lipinski definition) is 3. The van der Waals surface area contributed by atoms with Crippen LogP contribution in [0.1, 0.15) is 32.1 Å². The number of nitrogens with zero attached hydrogens (tertiary/aromatic N) is 1. The molecule has 2 rings (SSSR count). The molecule has 0 amide bonds. The largest absolute Gasteiger partial charge is 0.380 e. The average Bonchev–Trinajstić information content (AvgIpc) is 2.60. The van der Waals surface area contributed by atoms with Gasteiger partial charge in [0, 0.05) is 25.7 Å². The van der Waals surface area contributed by atoms with Crippen LogP contribution in [0.5, 0.6) is 0 Å². The van der Waals surface area contributed by atoms with Gasteiger partial charge >= 0.3 is 0 Å². The lowest BCUT2D eigenvalue weighted by Gasteiger charge is -2.24. The summed E-state index contributed by atoms with van der Waals surface area (Å²) in [5.41, 5.74) is 0. The molecule has 2 fully saturated rings. The molecule has 1 saturated carbocycles. The molecule has 0 aromatic heterocycles. The van der Waals surface area contributed by atoms with E-state index in [-0.39, 0.29) is 0 Å². The summed E-state index contributed by atoms with van der Waals surface area (Å²) in [4.78, 5) is 2.58. The van der Waals surface area contributed by atoms with Crippen LogP contribution in [0.4, 0.5) is 0 Å². The molecule has 0 bridgehead atoms. The highest BCUT2D eigenvalue weighted by Crippen LogP contribution is 2.28. The maximum absolute atomic E-state index is 5.48. The maximum atomic E-state index is 5.48. The highest BCUT2D eigenvalue weighted by Gasteiger charge is 2.25. The van der Waals surface area contributed by atoms with Crippen molar-refractivity contribution < 1.29 is 4.74 Å². The van der Waals surface area contributed by atoms with E-state index >= 15 is 0 Å². The number of nitrogens with one attached hydrogen (secondary N) is 1. The summed E-state index contributed by atoms with van der Waals surface area (Å²) in [6.45, 7) is 5.53. The van der Waals surface area contributed by atoms with Gasteiger partial charge < -0.3 is 15.0 Å². The SMILES string of the molecule is CNC1CCCC1CCN1CCCOCC1. The lowest BCUT2D eigenvalue weighted by atomic mass is 9.99. The third-order valence-corrected chi connectivity index (χ3v) is 4.16. The molecular weight excluding hydrogens is 200 g/mol. The molecule has 2 unspecified atom stereocenters. The average molecular weight is 226 g/mol. The van der Waals surface area contributed by atoms with Gasteiger partial charge in [0.25, 0.3) is 0 Å². The molecule has 2 aliphatic rings. The van der Waals surface area contributed by atoms with E-state index in [9.17, 15) is 0 Å². The smallest absolute Gasteiger partial charge is 0.0593 e. The van der Waals surface area contributed by atoms with E-state index in [0.29, 0.717) is 0 Å². The third kappa shape index (κ3) is 3.44. The Kier molecular flexibility index (Phi) is 5.07. The molecule has 16 heavy (non-hydrogen) atoms. The summed E-state index contributed by atoms with van der Waals surface area (Å²) in [6, 6.07) is 0.781. The summed E-state index contributed by atoms with van der Waals surface area (Å²) >= 11 is 0. The van der Waals surface area contributed by atoms with Gasteiger partial charge in [-0.1, -0.05) is 6.42 Å². The molecule has 0 aromatic rings. The number of hydrogen-bond donors (Lipinski definition) is 1. The van der Waals surface area contributed by atoms with Crippen molar-refractivity contribution in [1.29, 1.82) is 0 Å². The summed E-state index contributed by atoms with van der Waals surface area (Å²) in [6.07, 6.45) is 6.80. The molecule has 1 heterocycles. The summed E-state index contributed by atoms with van der Waals surface area (Å²) in [7, 11) is 2.11. The first kappa shape index (κ1) is 12.3. The predicted octanol–water partition coefficient (Wildman–Crippen LogP) is 1.49. The van der Waals surface area contributed by atoms with E-state index < -0.39 is 0 Å². The van der Waals surface area contributed by atoms with Gasteiger partial charge in [-0.05, 0) is 45.2 Å². The monoisotopic (exact) mass is 226 g/mol. The third-order valence-electron chi connectivity index (χ3n) is 4.16. The van der Waals surface area contributed by atoms with Crippen molar-refractivity contribution in [3.63, 3.8) is 0 Å². The van der Waals surface area contributed by atoms with Crippen molar-refractivity contribution in [2.45, 2.75) is 38.1 Å². The van der Waals surface area contributed by atoms with Gasteiger partial charge in [-0.3, -0.25) is 0 Å². The van der Waals surface area contributed by atoms with Gasteiger partial charge in [-0.2, -0.15) is 0 Å². The molecule has 0 aromatic carbocycles. The molecule has 3 nitrogen and oxygen atoms in total. The van der Waals surface area contributed by atoms with Crippen molar-refractivity contribution in [3.8, 4) is 0 Å². The van der Waals surface area contributed by atoms with E-state index in [1.54, 1.807) is 0 Å². The minimum absolute atomic E-state index is 0.781. The zero-order chi connectivity index (χ0) is 11.2. The number of ether oxygens (including phenoxy) is 1. The Labute approximate surface area is 99.5 Å². The second-order valence-corrected chi connectivity index (χ2v) is 5.18. The Morgan fingerprint density at radius 1 is 1.19 bits per heavy atom. The van der Waals surface area contributed by atoms with Crippen LogP contribution < -0.4 is 5.32 Å². The maximum Gasteiger partial charge on any atom is 0.0593 e. The molecule has 3 heteroatoms. The van der Waals surface area contributed by atoms with E-state index in [0.717, 1.165) is 31.7 Å². The van der Waals surface area contributed by atoms with Crippen LogP contribution in [0.3, 0.4) is 0 Å². The fourth-order valence-corrected chi connectivity index (χ4v) is 3.13. The normalized spacial score (nSPS) is 32.8. The Balaban J connectivity index is 1.69. The van der Waals surface area contributed by atoms with Gasteiger partial charge in [0.1, 0.15) is 0 Å². The predicted molar refractivity (Wildman–Crippen MR) is 66.7 cm³/mol. The first-order valence-corrected chi connectivity index (χ1v) is 6.87. The van der Waals surface area contributed by atoms with Crippen molar-refractivity contribution in [2.24, 2.45) is 5.92 Å². The second kappa shape index (κ2) is 6.58. The molecule has 1 saturated heterocycles. The summed E-state index contributed by atoms with van der Waals surface area (Å²) in [5, 5.41) is 3.47. The summed E-state index contributed by atoms with van der Waals surface area (Å²) < 4.78 is 5.48. The van der Waals surface area contributed by atoms with Crippen LogP contribution in [0, 0.1) is 5.92 Å². The van der Waals surface area contributed by atoms with Crippen LogP contribution in [0.25, 0.3) is 0 Å². The minimum Gasteiger partial charge on any atom is -0.380 e. The summed E-state index contributed by atoms with van der Waals surface area (Å²) in [5.74, 6) is 0.911. The van der Waals surface area contributed by atoms with E-state index in [2.05, 4.69) is 17.3 Å². The minimum atomic E-state index is 0.781. The molecule has 1 aliphatic carbocycles. The van der Waals surface area contributed by atoms with E-state index in [1.165, 1.54) is 45.2 Å². The van der Waals surface area contributed by atoms with Crippen molar-refractivity contribution in [3.05, 3.63) is 0 Å². The van der Waals surface area contributed by atoms with Crippen molar-refractivity contribution >= 4 is 0 Å². The Hall–Kier alpha value is -0.120. The molecule has 0 spiro atoms. The van der Waals surface area contributed by atoms with Gasteiger partial charge in [0.15, 0.2) is 0 Å². The molecule has 94 valence electrons. The van der Waals surface area contributed by atoms with Crippen LogP contribution in [0.2, 0.25) is 0 Å². The number of rotatable bonds is 4. The zero-order valence-electron chi connectivity index (χ0n) is 10.6. The van der Waals surface area contributed by atoms with E-state index in [4.69, 9.17) is 4.74 Å². The molecule has 0 radical (unpaired) electrons. The van der Waals surface area contributed by atoms with Crippen molar-refractivity contribution in [2.75, 3.05) is 39.9 Å². The first-order chi connectivity index (χ1) is 7.90. The van der Waals surface area contributed by atoms with Crippen molar-refractivity contribution in [1.82, 2.24) is 10.2 Å². The lowest BCUT2D eigenvalue weighted by molar-refractivity contribution is 0.140. The highest BCUT2D eigenvalue weighted by molar-refractivity contribution is 4.82. The van der Waals surface area contributed by atoms with Gasteiger partial charge in [0.05, 0.1) is 6.61 Å². The lowest BCUT2D eigenvalue weighted by Crippen LogP contribution is -2.33. The zero-order valence-corrected chi connectivity index (χ0v) is 10.6. The molecule has 2 atom stereocenters. The van der Waals surface area contributed by atoms with Crippen LogP contribution in [-0.2, 0) is 4.74 Å². The van der Waals surface area contributed by atoms with Crippen LogP contribution in [-0.4, -0.2) is 50.8 Å². The molecular formula is C13H26N2O. The molecule has 1 aliphatic heterocycles. The van der Waals surface area contributed by atoms with Gasteiger partial charge in [-0.25, -0.2) is 0 Å². The van der Waals surface area contributed by atoms with Gasteiger partial charge in [0.2, 0.25) is 0 Å². The Bertz CT molecular complexity index is 190. The fraction of sp³-hybridized carbons (Fsp3) is 1.00. The Morgan fingerprint density at radius 2 is 2.12 bits per heavy atom. The topological polar surface area (TPSA) is 24.5 Å². The standard InChI is InChI=1S/C13H26N2O/c1-14-13-5-2-4-12(13)6-8-15-7-3-10-16-11-9-15/h12-14H,2-11H2,1H3. The molecule has 1 N–H and O–H groups in total. The van der Waals surface area contributed by atoms with Crippen LogP contribution >= 0.6 is 0 Å².